The van der Waals surface area contributed by atoms with Gasteiger partial charge in [0.25, 0.3) is 12.3 Å². The minimum Gasteiger partial charge on any atom is -0.494 e. The molecule has 0 unspecified atom stereocenters. The highest BCUT2D eigenvalue weighted by Crippen LogP contribution is 2.35. The zero-order valence-electron chi connectivity index (χ0n) is 25.1. The van der Waals surface area contributed by atoms with E-state index in [0.29, 0.717) is 40.9 Å². The van der Waals surface area contributed by atoms with Crippen LogP contribution in [0, 0.1) is 11.6 Å². The Balaban J connectivity index is 1.40. The number of aromatic nitrogens is 5. The van der Waals surface area contributed by atoms with Gasteiger partial charge in [-0.3, -0.25) is 9.78 Å². The van der Waals surface area contributed by atoms with Gasteiger partial charge in [-0.25, -0.2) is 32.5 Å². The molecule has 11 nitrogen and oxygen atoms in total. The standard InChI is InChI=1S/C32H30F4N8O3/c1-47-25-12-21(33)20(11-22(25)34)23-10-19(24(13-38-23)43-9-5-8-32(37,15-43)27(45)28(35)36)14-44-17-41-26-29(39-16-40-30(26)44)42-31(46)18-6-3-2-4-7-18/h2-4,6-7,10-13,16-17,27-28,45H,5,8-9,14-15,37H2,1H3,(H,39,40,42,46)/t27-,32-/m1/s1. The van der Waals surface area contributed by atoms with Crippen LogP contribution in [0.2, 0.25) is 0 Å². The van der Waals surface area contributed by atoms with E-state index in [1.54, 1.807) is 45.9 Å². The molecule has 0 saturated carbocycles. The number of carbonyl (C=O) groups is 1. The molecule has 4 N–H and O–H groups in total. The van der Waals surface area contributed by atoms with Gasteiger partial charge in [0.1, 0.15) is 18.2 Å². The first-order valence-corrected chi connectivity index (χ1v) is 14.6. The van der Waals surface area contributed by atoms with E-state index in [1.807, 2.05) is 0 Å². The molecule has 2 aromatic carbocycles. The van der Waals surface area contributed by atoms with E-state index in [-0.39, 0.29) is 42.3 Å². The molecule has 1 aliphatic heterocycles. The van der Waals surface area contributed by atoms with E-state index < -0.39 is 35.6 Å². The largest absolute Gasteiger partial charge is 0.494 e. The monoisotopic (exact) mass is 650 g/mol. The Bertz CT molecular complexity index is 1930. The third-order valence-corrected chi connectivity index (χ3v) is 8.22. The van der Waals surface area contributed by atoms with E-state index in [1.165, 1.54) is 26.0 Å². The van der Waals surface area contributed by atoms with Crippen molar-refractivity contribution in [2.75, 3.05) is 30.4 Å². The number of aliphatic hydroxyl groups is 1. The lowest BCUT2D eigenvalue weighted by atomic mass is 9.84. The Morgan fingerprint density at radius 3 is 2.64 bits per heavy atom. The zero-order chi connectivity index (χ0) is 33.3. The number of benzene rings is 2. The fraction of sp³-hybridized carbons (Fsp3) is 0.281. The van der Waals surface area contributed by atoms with Crippen LogP contribution in [-0.2, 0) is 6.54 Å². The summed E-state index contributed by atoms with van der Waals surface area (Å²) in [5.41, 5.74) is 6.76. The fourth-order valence-electron chi connectivity index (χ4n) is 5.78. The van der Waals surface area contributed by atoms with Crippen molar-refractivity contribution in [2.45, 2.75) is 37.5 Å². The molecular weight excluding hydrogens is 620 g/mol. The van der Waals surface area contributed by atoms with Gasteiger partial charge in [0, 0.05) is 30.3 Å². The third kappa shape index (κ3) is 6.31. The Kier molecular flexibility index (Phi) is 8.75. The predicted molar refractivity (Wildman–Crippen MR) is 165 cm³/mol. The van der Waals surface area contributed by atoms with E-state index in [0.717, 1.165) is 12.1 Å². The number of rotatable bonds is 9. The third-order valence-electron chi connectivity index (χ3n) is 8.22. The number of hydrogen-bond donors (Lipinski definition) is 3. The van der Waals surface area contributed by atoms with Crippen molar-refractivity contribution in [3.63, 3.8) is 0 Å². The second-order valence-electron chi connectivity index (χ2n) is 11.3. The maximum absolute atomic E-state index is 15.1. The van der Waals surface area contributed by atoms with E-state index in [2.05, 4.69) is 25.3 Å². The summed E-state index contributed by atoms with van der Waals surface area (Å²) in [7, 11) is 1.22. The van der Waals surface area contributed by atoms with Crippen LogP contribution < -0.4 is 20.7 Å². The van der Waals surface area contributed by atoms with Crippen molar-refractivity contribution >= 4 is 28.6 Å². The number of imidazole rings is 1. The minimum atomic E-state index is -3.04. The molecule has 1 aliphatic rings. The molecule has 1 saturated heterocycles. The molecule has 4 heterocycles. The number of anilines is 2. The molecule has 1 amide bonds. The molecule has 0 spiro atoms. The lowest BCUT2D eigenvalue weighted by molar-refractivity contribution is -0.0529. The number of ether oxygens (including phenoxy) is 1. The van der Waals surface area contributed by atoms with Crippen LogP contribution in [0.1, 0.15) is 28.8 Å². The van der Waals surface area contributed by atoms with Crippen LogP contribution in [-0.4, -0.2) is 73.8 Å². The van der Waals surface area contributed by atoms with Gasteiger partial charge in [0.15, 0.2) is 28.5 Å². The summed E-state index contributed by atoms with van der Waals surface area (Å²) in [5, 5.41) is 13.0. The molecule has 0 aliphatic carbocycles. The lowest BCUT2D eigenvalue weighted by Gasteiger charge is -2.44. The summed E-state index contributed by atoms with van der Waals surface area (Å²) < 4.78 is 63.4. The first kappa shape index (κ1) is 31.8. The van der Waals surface area contributed by atoms with Gasteiger partial charge in [-0.05, 0) is 42.7 Å². The number of nitrogens with two attached hydrogens (primary N) is 1. The number of pyridine rings is 1. The second-order valence-corrected chi connectivity index (χ2v) is 11.3. The number of carbonyl (C=O) groups excluding carboxylic acids is 1. The molecule has 0 radical (unpaired) electrons. The Hall–Kier alpha value is -5.15. The smallest absolute Gasteiger partial charge is 0.265 e. The highest BCUT2D eigenvalue weighted by atomic mass is 19.3. The normalized spacial score (nSPS) is 17.2. The van der Waals surface area contributed by atoms with Crippen LogP contribution in [0.25, 0.3) is 22.4 Å². The van der Waals surface area contributed by atoms with Crippen molar-refractivity contribution < 1.29 is 32.2 Å². The summed E-state index contributed by atoms with van der Waals surface area (Å²) in [6, 6.07) is 12.0. The van der Waals surface area contributed by atoms with Gasteiger partial charge in [-0.1, -0.05) is 18.2 Å². The van der Waals surface area contributed by atoms with Crippen molar-refractivity contribution in [3.05, 3.63) is 90.1 Å². The van der Waals surface area contributed by atoms with E-state index in [9.17, 15) is 23.1 Å². The van der Waals surface area contributed by atoms with Crippen molar-refractivity contribution in [1.82, 2.24) is 24.5 Å². The van der Waals surface area contributed by atoms with E-state index >= 15 is 4.39 Å². The molecule has 2 atom stereocenters. The summed E-state index contributed by atoms with van der Waals surface area (Å²) in [5.74, 6) is -2.04. The van der Waals surface area contributed by atoms with E-state index in [4.69, 9.17) is 10.5 Å². The molecule has 1 fully saturated rings. The number of piperidine rings is 1. The number of nitrogens with one attached hydrogen (secondary N) is 1. The van der Waals surface area contributed by atoms with Crippen molar-refractivity contribution in [2.24, 2.45) is 5.73 Å². The average molecular weight is 651 g/mol. The Labute approximate surface area is 266 Å². The predicted octanol–water partition coefficient (Wildman–Crippen LogP) is 4.40. The van der Waals surface area contributed by atoms with Crippen molar-refractivity contribution in [3.8, 4) is 17.0 Å². The summed E-state index contributed by atoms with van der Waals surface area (Å²) in [6.45, 7) is 0.369. The van der Waals surface area contributed by atoms with Crippen LogP contribution in [0.5, 0.6) is 5.75 Å². The molecular formula is C32H30F4N8O3. The highest BCUT2D eigenvalue weighted by molar-refractivity contribution is 6.06. The molecule has 6 rings (SSSR count). The van der Waals surface area contributed by atoms with Gasteiger partial charge in [-0.15, -0.1) is 0 Å². The first-order valence-electron chi connectivity index (χ1n) is 14.6. The lowest BCUT2D eigenvalue weighted by Crippen LogP contribution is -2.63. The number of fused-ring (bicyclic) bond motifs is 1. The average Bonchev–Trinajstić information content (AvgIpc) is 3.49. The van der Waals surface area contributed by atoms with Crippen LogP contribution >= 0.6 is 0 Å². The van der Waals surface area contributed by atoms with Crippen LogP contribution in [0.15, 0.2) is 67.4 Å². The van der Waals surface area contributed by atoms with Crippen LogP contribution in [0.4, 0.5) is 29.1 Å². The molecule has 244 valence electrons. The van der Waals surface area contributed by atoms with Crippen LogP contribution in [0.3, 0.4) is 0 Å². The Morgan fingerprint density at radius 2 is 1.89 bits per heavy atom. The second kappa shape index (κ2) is 12.9. The van der Waals surface area contributed by atoms with Gasteiger partial charge in [0.2, 0.25) is 0 Å². The van der Waals surface area contributed by atoms with Gasteiger partial charge >= 0.3 is 0 Å². The number of aliphatic hydroxyl groups excluding tert-OH is 1. The maximum atomic E-state index is 15.1. The van der Waals surface area contributed by atoms with Crippen molar-refractivity contribution in [1.29, 1.82) is 0 Å². The number of halogens is 4. The maximum Gasteiger partial charge on any atom is 0.265 e. The quantitative estimate of drug-likeness (QED) is 0.198. The SMILES string of the molecule is COc1cc(F)c(-c2cc(Cn3cnc4c(NC(=O)c5ccccc5)ncnc43)c(N3CCC[C@](N)([C@H](O)C(F)F)C3)cn2)cc1F. The first-order chi connectivity index (χ1) is 22.6. The van der Waals surface area contributed by atoms with Gasteiger partial charge in [0.05, 0.1) is 43.1 Å². The molecule has 0 bridgehead atoms. The van der Waals surface area contributed by atoms with Gasteiger partial charge in [-0.2, -0.15) is 0 Å². The number of nitrogens with zero attached hydrogens (tertiary/aromatic N) is 6. The molecule has 47 heavy (non-hydrogen) atoms. The number of methoxy groups -OCH3 is 1. The number of amides is 1. The topological polar surface area (TPSA) is 144 Å². The highest BCUT2D eigenvalue weighted by Gasteiger charge is 2.43. The number of alkyl halides is 2. The minimum absolute atomic E-state index is 0.0656. The summed E-state index contributed by atoms with van der Waals surface area (Å²) in [4.78, 5) is 31.9. The molecule has 5 aromatic rings. The molecule has 15 heteroatoms. The molecule has 3 aromatic heterocycles. The summed E-state index contributed by atoms with van der Waals surface area (Å²) in [6.07, 6.45) is -0.323. The fourth-order valence-corrected chi connectivity index (χ4v) is 5.78. The van der Waals surface area contributed by atoms with Gasteiger partial charge < -0.3 is 30.4 Å². The number of hydrogen-bond acceptors (Lipinski definition) is 9. The summed E-state index contributed by atoms with van der Waals surface area (Å²) >= 11 is 0. The zero-order valence-corrected chi connectivity index (χ0v) is 25.1. The Morgan fingerprint density at radius 1 is 1.11 bits per heavy atom.